The zero-order valence-electron chi connectivity index (χ0n) is 24.9. The summed E-state index contributed by atoms with van der Waals surface area (Å²) >= 11 is 0. The van der Waals surface area contributed by atoms with E-state index in [1.165, 1.54) is 93.5 Å². The molecule has 1 heterocycles. The van der Waals surface area contributed by atoms with Gasteiger partial charge in [0.25, 0.3) is 0 Å². The summed E-state index contributed by atoms with van der Waals surface area (Å²) in [5.74, 6) is 0.104. The number of hydrogen-bond acceptors (Lipinski definition) is 3. The van der Waals surface area contributed by atoms with Crippen LogP contribution in [0.3, 0.4) is 0 Å². The van der Waals surface area contributed by atoms with Gasteiger partial charge in [0.2, 0.25) is 0 Å². The van der Waals surface area contributed by atoms with Crippen molar-refractivity contribution in [2.45, 2.75) is 119 Å². The quantitative estimate of drug-likeness (QED) is 0.123. The molecular formula is C34H50IrNO2-. The van der Waals surface area contributed by atoms with Gasteiger partial charge in [0.05, 0.1) is 0 Å². The largest absolute Gasteiger partial charge is 0.512 e. The fraction of sp³-hybridized carbons (Fsp3) is 0.588. The fourth-order valence-electron chi connectivity index (χ4n) is 4.46. The summed E-state index contributed by atoms with van der Waals surface area (Å²) in [7, 11) is 0. The number of rotatable bonds is 9. The number of ketones is 1. The number of carbonyl (C=O) groups excluding carboxylic acids is 1. The van der Waals surface area contributed by atoms with Crippen LogP contribution in [0.5, 0.6) is 0 Å². The van der Waals surface area contributed by atoms with Crippen LogP contribution in [0.1, 0.15) is 117 Å². The molecule has 2 aromatic rings. The van der Waals surface area contributed by atoms with Crippen LogP contribution in [0.2, 0.25) is 0 Å². The molecule has 0 fully saturated rings. The van der Waals surface area contributed by atoms with Crippen LogP contribution in [0.15, 0.2) is 42.3 Å². The first kappa shape index (κ1) is 34.3. The van der Waals surface area contributed by atoms with Crippen LogP contribution in [0, 0.1) is 16.9 Å². The smallest absolute Gasteiger partial charge is 0.164 e. The molecule has 213 valence electrons. The molecule has 0 saturated carbocycles. The van der Waals surface area contributed by atoms with E-state index < -0.39 is 5.41 Å². The average molecular weight is 697 g/mol. The zero-order valence-corrected chi connectivity index (χ0v) is 27.3. The molecule has 1 radical (unpaired) electrons. The Morgan fingerprint density at radius 1 is 0.947 bits per heavy atom. The minimum Gasteiger partial charge on any atom is -0.512 e. The van der Waals surface area contributed by atoms with Crippen LogP contribution in [-0.4, -0.2) is 15.9 Å². The number of nitrogens with zero attached hydrogens (tertiary/aromatic N) is 1. The Morgan fingerprint density at radius 3 is 2.16 bits per heavy atom. The number of aliphatic hydroxyl groups is 1. The van der Waals surface area contributed by atoms with Gasteiger partial charge in [-0.1, -0.05) is 86.1 Å². The zero-order chi connectivity index (χ0) is 27.5. The summed E-state index contributed by atoms with van der Waals surface area (Å²) < 4.78 is 0. The number of allylic oxidation sites excluding steroid dienone is 2. The molecule has 1 aliphatic rings. The van der Waals surface area contributed by atoms with Gasteiger partial charge in [0.1, 0.15) is 5.76 Å². The number of benzene rings is 1. The minimum atomic E-state index is -0.417. The van der Waals surface area contributed by atoms with Gasteiger partial charge < -0.3 is 10.1 Å². The first-order valence-corrected chi connectivity index (χ1v) is 14.4. The van der Waals surface area contributed by atoms with Crippen LogP contribution >= 0.6 is 0 Å². The number of aromatic nitrogens is 1. The normalized spacial score (nSPS) is 13.6. The summed E-state index contributed by atoms with van der Waals surface area (Å²) in [6.07, 6.45) is 17.9. The molecule has 1 N–H and O–H groups in total. The SMILES string of the molecule is CC(C)(C)C(=O)/C=C(\O)C(C)(C)C.CCCCCCCCc1cnc(-c2[c-]cccc2)c2c1CCCC2.[Ir]. The molecule has 0 bridgehead atoms. The summed E-state index contributed by atoms with van der Waals surface area (Å²) in [6, 6.07) is 11.6. The molecule has 38 heavy (non-hydrogen) atoms. The minimum absolute atomic E-state index is 0. The van der Waals surface area contributed by atoms with Gasteiger partial charge in [0.15, 0.2) is 5.78 Å². The van der Waals surface area contributed by atoms with Crippen LogP contribution in [0.4, 0.5) is 0 Å². The molecule has 3 rings (SSSR count). The number of aliphatic hydroxyl groups excluding tert-OH is 1. The molecule has 1 aromatic carbocycles. The number of fused-ring (bicyclic) bond motifs is 1. The Kier molecular flexibility index (Phi) is 14.7. The van der Waals surface area contributed by atoms with Crippen molar-refractivity contribution in [3.8, 4) is 11.3 Å². The van der Waals surface area contributed by atoms with E-state index >= 15 is 0 Å². The van der Waals surface area contributed by atoms with Gasteiger partial charge in [-0.2, -0.15) is 0 Å². The molecule has 1 aliphatic carbocycles. The number of pyridine rings is 1. The van der Waals surface area contributed by atoms with Crippen LogP contribution < -0.4 is 0 Å². The Balaban J connectivity index is 0.000000444. The first-order chi connectivity index (χ1) is 17.4. The maximum absolute atomic E-state index is 11.5. The van der Waals surface area contributed by atoms with Crippen LogP contribution in [-0.2, 0) is 44.2 Å². The second-order valence-corrected chi connectivity index (χ2v) is 12.5. The van der Waals surface area contributed by atoms with Crippen molar-refractivity contribution in [2.24, 2.45) is 10.8 Å². The number of hydrogen-bond donors (Lipinski definition) is 1. The van der Waals surface area contributed by atoms with E-state index in [0.717, 1.165) is 5.56 Å². The molecule has 0 aliphatic heterocycles. The van der Waals surface area contributed by atoms with E-state index in [1.807, 2.05) is 53.7 Å². The van der Waals surface area contributed by atoms with E-state index in [2.05, 4.69) is 31.3 Å². The fourth-order valence-corrected chi connectivity index (χ4v) is 4.46. The van der Waals surface area contributed by atoms with E-state index in [4.69, 9.17) is 4.98 Å². The second kappa shape index (κ2) is 16.4. The van der Waals surface area contributed by atoms with Crippen molar-refractivity contribution in [1.82, 2.24) is 4.98 Å². The molecule has 0 saturated heterocycles. The standard InChI is InChI=1S/C23H30N.C11H20O2.Ir/c1-2-3-4-5-6-8-15-20-18-24-23(19-13-9-7-10-14-19)22-17-12-11-16-21(20)22;1-10(2,3)8(12)7-9(13)11(4,5)6;/h7,9-10,13,18H,2-6,8,11-12,15-17H2,1H3;7,12H,1-6H3;/q-1;;/b;8-7-;. The number of aryl methyl sites for hydroxylation is 1. The Hall–Kier alpha value is -1.77. The third-order valence-electron chi connectivity index (χ3n) is 7.03. The summed E-state index contributed by atoms with van der Waals surface area (Å²) in [4.78, 5) is 16.3. The number of unbranched alkanes of at least 4 members (excludes halogenated alkanes) is 5. The summed E-state index contributed by atoms with van der Waals surface area (Å²) in [5.41, 5.74) is 6.20. The van der Waals surface area contributed by atoms with Crippen molar-refractivity contribution >= 4 is 5.78 Å². The second-order valence-electron chi connectivity index (χ2n) is 12.5. The van der Waals surface area contributed by atoms with Crippen molar-refractivity contribution in [1.29, 1.82) is 0 Å². The maximum Gasteiger partial charge on any atom is 0.164 e. The van der Waals surface area contributed by atoms with Gasteiger partial charge in [-0.15, -0.1) is 35.9 Å². The topological polar surface area (TPSA) is 50.2 Å². The van der Waals surface area contributed by atoms with Gasteiger partial charge in [-0.3, -0.25) is 4.79 Å². The molecule has 4 heteroatoms. The molecule has 3 nitrogen and oxygen atoms in total. The van der Waals surface area contributed by atoms with E-state index in [0.29, 0.717) is 0 Å². The third-order valence-corrected chi connectivity index (χ3v) is 7.03. The summed E-state index contributed by atoms with van der Waals surface area (Å²) in [6.45, 7) is 13.4. The predicted octanol–water partition coefficient (Wildman–Crippen LogP) is 9.42. The Labute approximate surface area is 246 Å². The molecule has 0 spiro atoms. The molecule has 1 aromatic heterocycles. The van der Waals surface area contributed by atoms with Crippen molar-refractivity contribution in [3.63, 3.8) is 0 Å². The van der Waals surface area contributed by atoms with Crippen molar-refractivity contribution < 1.29 is 30.0 Å². The molecule has 0 unspecified atom stereocenters. The van der Waals surface area contributed by atoms with Crippen molar-refractivity contribution in [3.05, 3.63) is 65.1 Å². The van der Waals surface area contributed by atoms with Gasteiger partial charge in [0, 0.05) is 43.2 Å². The van der Waals surface area contributed by atoms with E-state index in [1.54, 1.807) is 5.56 Å². The van der Waals surface area contributed by atoms with Crippen molar-refractivity contribution in [2.75, 3.05) is 0 Å². The first-order valence-electron chi connectivity index (χ1n) is 14.4. The average Bonchev–Trinajstić information content (AvgIpc) is 2.86. The Morgan fingerprint density at radius 2 is 1.58 bits per heavy atom. The van der Waals surface area contributed by atoms with Gasteiger partial charge in [-0.05, 0) is 55.3 Å². The van der Waals surface area contributed by atoms with Gasteiger partial charge >= 0.3 is 0 Å². The third kappa shape index (κ3) is 11.1. The Bertz CT molecular complexity index is 1010. The van der Waals surface area contributed by atoms with E-state index in [9.17, 15) is 9.90 Å². The molecular weight excluding hydrogens is 647 g/mol. The van der Waals surface area contributed by atoms with E-state index in [-0.39, 0.29) is 37.1 Å². The van der Waals surface area contributed by atoms with Gasteiger partial charge in [-0.25, -0.2) is 0 Å². The molecule has 0 amide bonds. The maximum atomic E-state index is 11.5. The summed E-state index contributed by atoms with van der Waals surface area (Å²) in [5, 5.41) is 9.56. The van der Waals surface area contributed by atoms with Crippen LogP contribution in [0.25, 0.3) is 11.3 Å². The molecule has 0 atom stereocenters. The number of carbonyl (C=O) groups is 1. The monoisotopic (exact) mass is 697 g/mol. The predicted molar refractivity (Wildman–Crippen MR) is 157 cm³/mol.